The second kappa shape index (κ2) is 9.31. The average Bonchev–Trinajstić information content (AvgIpc) is 2.95. The fourth-order valence-electron chi connectivity index (χ4n) is 2.58. The average molecular weight is 524 g/mol. The summed E-state index contributed by atoms with van der Waals surface area (Å²) in [7, 11) is 1.53. The maximum Gasteiger partial charge on any atom is 0.294 e. The Morgan fingerprint density at radius 2 is 1.90 bits per heavy atom. The second-order valence-electron chi connectivity index (χ2n) is 6.06. The molecule has 0 radical (unpaired) electrons. The van der Waals surface area contributed by atoms with E-state index in [9.17, 15) is 14.4 Å². The van der Waals surface area contributed by atoms with Crippen molar-refractivity contribution in [2.24, 2.45) is 5.73 Å². The Kier molecular flexibility index (Phi) is 6.80. The van der Waals surface area contributed by atoms with Crippen LogP contribution in [0.3, 0.4) is 0 Å². The SMILES string of the molecule is COc1cc(/C=C2\SC(=O)N(CC(N)=O)C2=O)ccc1OCc1ccc(I)cc1. The molecule has 0 saturated carbocycles. The lowest BCUT2D eigenvalue weighted by molar-refractivity contribution is -0.127. The van der Waals surface area contributed by atoms with E-state index in [1.807, 2.05) is 24.3 Å². The van der Waals surface area contributed by atoms with Crippen LogP contribution in [0.2, 0.25) is 0 Å². The smallest absolute Gasteiger partial charge is 0.294 e. The summed E-state index contributed by atoms with van der Waals surface area (Å²) in [6, 6.07) is 13.2. The Labute approximate surface area is 185 Å². The molecule has 7 nitrogen and oxygen atoms in total. The first-order chi connectivity index (χ1) is 13.9. The lowest BCUT2D eigenvalue weighted by Gasteiger charge is -2.12. The number of halogens is 1. The quantitative estimate of drug-likeness (QED) is 0.441. The number of hydrogen-bond donors (Lipinski definition) is 1. The molecule has 0 spiro atoms. The minimum absolute atomic E-state index is 0.214. The molecular weight excluding hydrogens is 507 g/mol. The zero-order valence-corrected chi connectivity index (χ0v) is 18.4. The third-order valence-electron chi connectivity index (χ3n) is 3.98. The van der Waals surface area contributed by atoms with Gasteiger partial charge in [0.05, 0.1) is 12.0 Å². The van der Waals surface area contributed by atoms with Gasteiger partial charge in [-0.15, -0.1) is 0 Å². The summed E-state index contributed by atoms with van der Waals surface area (Å²) in [6.07, 6.45) is 1.57. The summed E-state index contributed by atoms with van der Waals surface area (Å²) >= 11 is 3.00. The van der Waals surface area contributed by atoms with Crippen molar-refractivity contribution in [2.45, 2.75) is 6.61 Å². The normalized spacial score (nSPS) is 15.1. The molecule has 1 heterocycles. The van der Waals surface area contributed by atoms with Gasteiger partial charge in [0.25, 0.3) is 11.1 Å². The topological polar surface area (TPSA) is 98.9 Å². The van der Waals surface area contributed by atoms with Gasteiger partial charge in [0.2, 0.25) is 5.91 Å². The second-order valence-corrected chi connectivity index (χ2v) is 8.30. The van der Waals surface area contributed by atoms with Crippen LogP contribution in [0.25, 0.3) is 6.08 Å². The molecule has 1 aliphatic rings. The van der Waals surface area contributed by atoms with Gasteiger partial charge in [-0.3, -0.25) is 19.3 Å². The van der Waals surface area contributed by atoms with Crippen molar-refractivity contribution >= 4 is 57.5 Å². The fraction of sp³-hybridized carbons (Fsp3) is 0.150. The number of nitrogens with two attached hydrogens (primary N) is 1. The molecule has 2 N–H and O–H groups in total. The van der Waals surface area contributed by atoms with E-state index in [1.54, 1.807) is 24.3 Å². The van der Waals surface area contributed by atoms with Crippen molar-refractivity contribution in [1.82, 2.24) is 4.90 Å². The summed E-state index contributed by atoms with van der Waals surface area (Å²) in [5, 5.41) is -0.524. The molecule has 0 bridgehead atoms. The van der Waals surface area contributed by atoms with Crippen LogP contribution < -0.4 is 15.2 Å². The van der Waals surface area contributed by atoms with E-state index in [4.69, 9.17) is 15.2 Å². The number of hydrogen-bond acceptors (Lipinski definition) is 6. The van der Waals surface area contributed by atoms with Gasteiger partial charge in [-0.05, 0) is 75.8 Å². The minimum Gasteiger partial charge on any atom is -0.493 e. The zero-order valence-electron chi connectivity index (χ0n) is 15.4. The first kappa shape index (κ1) is 21.2. The highest BCUT2D eigenvalue weighted by Crippen LogP contribution is 2.34. The molecule has 1 saturated heterocycles. The number of imide groups is 1. The number of benzene rings is 2. The van der Waals surface area contributed by atoms with Crippen LogP contribution >= 0.6 is 34.4 Å². The molecule has 0 unspecified atom stereocenters. The van der Waals surface area contributed by atoms with Gasteiger partial charge in [0, 0.05) is 3.57 Å². The van der Waals surface area contributed by atoms with Crippen LogP contribution in [0.4, 0.5) is 4.79 Å². The first-order valence-electron chi connectivity index (χ1n) is 8.46. The Balaban J connectivity index is 1.75. The highest BCUT2D eigenvalue weighted by Gasteiger charge is 2.35. The maximum atomic E-state index is 12.3. The molecule has 9 heteroatoms. The number of ether oxygens (including phenoxy) is 2. The van der Waals surface area contributed by atoms with Gasteiger partial charge in [-0.2, -0.15) is 0 Å². The predicted octanol–water partition coefficient (Wildman–Crippen LogP) is 3.40. The largest absolute Gasteiger partial charge is 0.493 e. The molecule has 2 aromatic rings. The molecule has 1 fully saturated rings. The number of methoxy groups -OCH3 is 1. The molecule has 0 aromatic heterocycles. The summed E-state index contributed by atoms with van der Waals surface area (Å²) in [5.41, 5.74) is 6.77. The van der Waals surface area contributed by atoms with E-state index in [1.165, 1.54) is 7.11 Å². The number of amides is 3. The van der Waals surface area contributed by atoms with Crippen molar-refractivity contribution in [3.8, 4) is 11.5 Å². The highest BCUT2D eigenvalue weighted by atomic mass is 127. The third-order valence-corrected chi connectivity index (χ3v) is 5.61. The Morgan fingerprint density at radius 3 is 2.55 bits per heavy atom. The summed E-state index contributed by atoms with van der Waals surface area (Å²) in [5.74, 6) is -0.229. The van der Waals surface area contributed by atoms with Crippen molar-refractivity contribution in [3.05, 3.63) is 62.1 Å². The van der Waals surface area contributed by atoms with Gasteiger partial charge in [0.1, 0.15) is 13.2 Å². The van der Waals surface area contributed by atoms with Gasteiger partial charge >= 0.3 is 0 Å². The van der Waals surface area contributed by atoms with E-state index in [0.717, 1.165) is 25.8 Å². The van der Waals surface area contributed by atoms with Crippen molar-refractivity contribution < 1.29 is 23.9 Å². The van der Waals surface area contributed by atoms with Gasteiger partial charge in [0.15, 0.2) is 11.5 Å². The molecule has 29 heavy (non-hydrogen) atoms. The van der Waals surface area contributed by atoms with E-state index < -0.39 is 23.6 Å². The Hall–Kier alpha value is -2.53. The molecule has 0 aliphatic carbocycles. The van der Waals surface area contributed by atoms with Crippen LogP contribution in [0.5, 0.6) is 11.5 Å². The lowest BCUT2D eigenvalue weighted by Crippen LogP contribution is -2.36. The zero-order chi connectivity index (χ0) is 21.0. The van der Waals surface area contributed by atoms with E-state index in [0.29, 0.717) is 23.7 Å². The van der Waals surface area contributed by atoms with Crippen LogP contribution in [-0.4, -0.2) is 35.6 Å². The number of carbonyl (C=O) groups excluding carboxylic acids is 3. The van der Waals surface area contributed by atoms with Crippen molar-refractivity contribution in [2.75, 3.05) is 13.7 Å². The van der Waals surface area contributed by atoms with Crippen LogP contribution in [-0.2, 0) is 16.2 Å². The van der Waals surface area contributed by atoms with Crippen LogP contribution in [0, 0.1) is 3.57 Å². The Morgan fingerprint density at radius 1 is 1.17 bits per heavy atom. The van der Waals surface area contributed by atoms with Crippen molar-refractivity contribution in [3.63, 3.8) is 0 Å². The molecule has 2 aromatic carbocycles. The van der Waals surface area contributed by atoms with Gasteiger partial charge in [-0.25, -0.2) is 0 Å². The number of carbonyl (C=O) groups is 3. The number of thioether (sulfide) groups is 1. The monoisotopic (exact) mass is 524 g/mol. The molecule has 150 valence electrons. The molecular formula is C20H17IN2O5S. The lowest BCUT2D eigenvalue weighted by atomic mass is 10.1. The van der Waals surface area contributed by atoms with E-state index >= 15 is 0 Å². The van der Waals surface area contributed by atoms with E-state index in [2.05, 4.69) is 22.6 Å². The fourth-order valence-corrected chi connectivity index (χ4v) is 3.78. The van der Waals surface area contributed by atoms with E-state index in [-0.39, 0.29) is 4.91 Å². The Bertz CT molecular complexity index is 991. The van der Waals surface area contributed by atoms with Crippen molar-refractivity contribution in [1.29, 1.82) is 0 Å². The summed E-state index contributed by atoms with van der Waals surface area (Å²) in [6.45, 7) is -0.0464. The number of nitrogens with zero attached hydrogens (tertiary/aromatic N) is 1. The van der Waals surface area contributed by atoms with Crippen LogP contribution in [0.15, 0.2) is 47.4 Å². The molecule has 3 rings (SSSR count). The number of primary amides is 1. The first-order valence-corrected chi connectivity index (χ1v) is 10.4. The minimum atomic E-state index is -0.746. The standard InChI is InChI=1S/C20H17IN2O5S/c1-27-16-8-13(9-17-19(25)23(10-18(22)24)20(26)29-17)4-7-15(16)28-11-12-2-5-14(21)6-3-12/h2-9H,10-11H2,1H3,(H2,22,24)/b17-9-. The molecule has 1 aliphatic heterocycles. The number of rotatable bonds is 7. The maximum absolute atomic E-state index is 12.3. The third kappa shape index (κ3) is 5.30. The highest BCUT2D eigenvalue weighted by molar-refractivity contribution is 14.1. The summed E-state index contributed by atoms with van der Waals surface area (Å²) in [4.78, 5) is 36.3. The van der Waals surface area contributed by atoms with Gasteiger partial charge < -0.3 is 15.2 Å². The molecule has 3 amide bonds. The predicted molar refractivity (Wildman–Crippen MR) is 118 cm³/mol. The van der Waals surface area contributed by atoms with Crippen LogP contribution in [0.1, 0.15) is 11.1 Å². The summed E-state index contributed by atoms with van der Waals surface area (Å²) < 4.78 is 12.4. The molecule has 0 atom stereocenters. The van der Waals surface area contributed by atoms with Gasteiger partial charge in [-0.1, -0.05) is 18.2 Å².